The number of amidine groups is 1. The smallest absolute Gasteiger partial charge is 0.147 e. The molecule has 1 aromatic carbocycles. The number of aliphatic imine (C=N–C) groups is 1. The molecule has 15 heavy (non-hydrogen) atoms. The highest BCUT2D eigenvalue weighted by molar-refractivity contribution is 5.83. The minimum atomic E-state index is -0.347. The molecule has 4 heteroatoms. The monoisotopic (exact) mass is 210 g/mol. The zero-order chi connectivity index (χ0) is 11.3. The maximum Gasteiger partial charge on any atom is 0.147 e. The molecule has 0 atom stereocenters. The van der Waals surface area contributed by atoms with Crippen LogP contribution in [-0.2, 0) is 0 Å². The van der Waals surface area contributed by atoms with Gasteiger partial charge in [-0.3, -0.25) is 0 Å². The van der Waals surface area contributed by atoms with Crippen LogP contribution in [0.5, 0.6) is 5.75 Å². The number of halogens is 1. The first kappa shape index (κ1) is 11.5. The molecule has 0 aromatic heterocycles. The van der Waals surface area contributed by atoms with Crippen molar-refractivity contribution in [3.05, 3.63) is 24.0 Å². The van der Waals surface area contributed by atoms with E-state index in [0.29, 0.717) is 17.3 Å². The fourth-order valence-electron chi connectivity index (χ4n) is 1.21. The van der Waals surface area contributed by atoms with Gasteiger partial charge in [0.2, 0.25) is 0 Å². The number of rotatable bonds is 4. The van der Waals surface area contributed by atoms with Crippen molar-refractivity contribution in [3.63, 3.8) is 0 Å². The predicted octanol–water partition coefficient (Wildman–Crippen LogP) is 2.62. The van der Waals surface area contributed by atoms with Crippen LogP contribution in [0.25, 0.3) is 0 Å². The Labute approximate surface area is 88.8 Å². The third-order valence-electron chi connectivity index (χ3n) is 1.91. The number of nitrogens with two attached hydrogens (primary N) is 1. The van der Waals surface area contributed by atoms with Crippen LogP contribution in [0.1, 0.15) is 19.8 Å². The van der Waals surface area contributed by atoms with E-state index in [1.807, 2.05) is 6.92 Å². The predicted molar refractivity (Wildman–Crippen MR) is 59.1 cm³/mol. The number of benzene rings is 1. The highest BCUT2D eigenvalue weighted by Crippen LogP contribution is 2.27. The molecule has 0 amide bonds. The number of hydrogen-bond acceptors (Lipinski definition) is 2. The van der Waals surface area contributed by atoms with Crippen LogP contribution in [0.2, 0.25) is 0 Å². The zero-order valence-corrected chi connectivity index (χ0v) is 8.96. The van der Waals surface area contributed by atoms with Crippen LogP contribution < -0.4 is 10.5 Å². The van der Waals surface area contributed by atoms with E-state index in [9.17, 15) is 4.39 Å². The summed E-state index contributed by atoms with van der Waals surface area (Å²) in [6.45, 7) is 2.02. The standard InChI is InChI=1S/C11H15FN2O/c1-3-4-11(13)14-9-6-5-8(12)7-10(9)15-2/h5-7H,3-4H2,1-2H3,(H2,13,14). The van der Waals surface area contributed by atoms with Crippen molar-refractivity contribution >= 4 is 11.5 Å². The van der Waals surface area contributed by atoms with E-state index < -0.39 is 0 Å². The molecule has 82 valence electrons. The van der Waals surface area contributed by atoms with Gasteiger partial charge >= 0.3 is 0 Å². The summed E-state index contributed by atoms with van der Waals surface area (Å²) in [5.41, 5.74) is 6.24. The molecule has 0 fully saturated rings. The Morgan fingerprint density at radius 2 is 2.27 bits per heavy atom. The van der Waals surface area contributed by atoms with Crippen molar-refractivity contribution in [2.75, 3.05) is 7.11 Å². The Kier molecular flexibility index (Phi) is 4.09. The van der Waals surface area contributed by atoms with Gasteiger partial charge in [-0.05, 0) is 18.6 Å². The molecule has 2 N–H and O–H groups in total. The van der Waals surface area contributed by atoms with Gasteiger partial charge in [0.15, 0.2) is 0 Å². The number of ether oxygens (including phenoxy) is 1. The molecule has 0 aliphatic heterocycles. The van der Waals surface area contributed by atoms with Crippen LogP contribution in [0.15, 0.2) is 23.2 Å². The normalized spacial score (nSPS) is 11.5. The fraction of sp³-hybridized carbons (Fsp3) is 0.364. The van der Waals surface area contributed by atoms with Gasteiger partial charge < -0.3 is 10.5 Å². The Balaban J connectivity index is 2.98. The lowest BCUT2D eigenvalue weighted by Crippen LogP contribution is -2.10. The lowest BCUT2D eigenvalue weighted by molar-refractivity contribution is 0.412. The molecule has 0 saturated carbocycles. The summed E-state index contributed by atoms with van der Waals surface area (Å²) in [6, 6.07) is 4.18. The summed E-state index contributed by atoms with van der Waals surface area (Å²) in [7, 11) is 1.48. The zero-order valence-electron chi connectivity index (χ0n) is 8.96. The second kappa shape index (κ2) is 5.34. The molecule has 3 nitrogen and oxygen atoms in total. The molecule has 0 saturated heterocycles. The molecule has 1 aromatic rings. The highest BCUT2D eigenvalue weighted by Gasteiger charge is 2.03. The lowest BCUT2D eigenvalue weighted by atomic mass is 10.2. The number of methoxy groups -OCH3 is 1. The van der Waals surface area contributed by atoms with Crippen LogP contribution in [0.3, 0.4) is 0 Å². The first-order valence-corrected chi connectivity index (χ1v) is 4.84. The minimum Gasteiger partial charge on any atom is -0.494 e. The van der Waals surface area contributed by atoms with Gasteiger partial charge in [0.1, 0.15) is 17.3 Å². The van der Waals surface area contributed by atoms with Gasteiger partial charge in [-0.2, -0.15) is 0 Å². The van der Waals surface area contributed by atoms with E-state index >= 15 is 0 Å². The number of hydrogen-bond donors (Lipinski definition) is 1. The second-order valence-corrected chi connectivity index (χ2v) is 3.17. The molecule has 0 heterocycles. The summed E-state index contributed by atoms with van der Waals surface area (Å²) in [4.78, 5) is 4.16. The van der Waals surface area contributed by atoms with E-state index in [1.165, 1.54) is 19.2 Å². The van der Waals surface area contributed by atoms with E-state index in [4.69, 9.17) is 10.5 Å². The van der Waals surface area contributed by atoms with Gasteiger partial charge in [-0.15, -0.1) is 0 Å². The SMILES string of the molecule is CCCC(N)=Nc1ccc(F)cc1OC. The maximum atomic E-state index is 12.9. The van der Waals surface area contributed by atoms with Crippen molar-refractivity contribution in [3.8, 4) is 5.75 Å². The summed E-state index contributed by atoms with van der Waals surface area (Å²) in [5, 5.41) is 0. The van der Waals surface area contributed by atoms with Gasteiger partial charge in [0.25, 0.3) is 0 Å². The Hall–Kier alpha value is -1.58. The molecule has 0 unspecified atom stereocenters. The minimum absolute atomic E-state index is 0.347. The molecular weight excluding hydrogens is 195 g/mol. The van der Waals surface area contributed by atoms with Crippen molar-refractivity contribution < 1.29 is 9.13 Å². The van der Waals surface area contributed by atoms with Crippen LogP contribution >= 0.6 is 0 Å². The summed E-state index contributed by atoms with van der Waals surface area (Å²) in [5.74, 6) is 0.580. The quantitative estimate of drug-likeness (QED) is 0.613. The summed E-state index contributed by atoms with van der Waals surface area (Å²) in [6.07, 6.45) is 1.65. The summed E-state index contributed by atoms with van der Waals surface area (Å²) < 4.78 is 17.9. The summed E-state index contributed by atoms with van der Waals surface area (Å²) >= 11 is 0. The van der Waals surface area contributed by atoms with E-state index in [1.54, 1.807) is 6.07 Å². The molecular formula is C11H15FN2O. The van der Waals surface area contributed by atoms with Crippen molar-refractivity contribution in [1.29, 1.82) is 0 Å². The largest absolute Gasteiger partial charge is 0.494 e. The van der Waals surface area contributed by atoms with Gasteiger partial charge in [-0.1, -0.05) is 6.92 Å². The molecule has 0 bridgehead atoms. The maximum absolute atomic E-state index is 12.9. The first-order valence-electron chi connectivity index (χ1n) is 4.84. The van der Waals surface area contributed by atoms with Crippen LogP contribution in [0, 0.1) is 5.82 Å². The Bertz CT molecular complexity index is 364. The van der Waals surface area contributed by atoms with Gasteiger partial charge in [0, 0.05) is 12.5 Å². The average Bonchev–Trinajstić information content (AvgIpc) is 2.21. The Morgan fingerprint density at radius 1 is 1.53 bits per heavy atom. The van der Waals surface area contributed by atoms with Gasteiger partial charge in [0.05, 0.1) is 12.9 Å². The second-order valence-electron chi connectivity index (χ2n) is 3.17. The molecule has 0 spiro atoms. The Morgan fingerprint density at radius 3 is 2.87 bits per heavy atom. The highest BCUT2D eigenvalue weighted by atomic mass is 19.1. The third-order valence-corrected chi connectivity index (χ3v) is 1.91. The van der Waals surface area contributed by atoms with Crippen LogP contribution in [-0.4, -0.2) is 12.9 Å². The van der Waals surface area contributed by atoms with E-state index in [-0.39, 0.29) is 5.82 Å². The fourth-order valence-corrected chi connectivity index (χ4v) is 1.21. The van der Waals surface area contributed by atoms with Gasteiger partial charge in [-0.25, -0.2) is 9.38 Å². The topological polar surface area (TPSA) is 47.6 Å². The average molecular weight is 210 g/mol. The van der Waals surface area contributed by atoms with Crippen molar-refractivity contribution in [2.45, 2.75) is 19.8 Å². The van der Waals surface area contributed by atoms with E-state index in [0.717, 1.165) is 12.8 Å². The van der Waals surface area contributed by atoms with E-state index in [2.05, 4.69) is 4.99 Å². The van der Waals surface area contributed by atoms with Crippen LogP contribution in [0.4, 0.5) is 10.1 Å². The molecule has 0 aliphatic carbocycles. The molecule has 0 aliphatic rings. The lowest BCUT2D eigenvalue weighted by Gasteiger charge is -2.05. The first-order chi connectivity index (χ1) is 7.17. The van der Waals surface area contributed by atoms with Crippen molar-refractivity contribution in [2.24, 2.45) is 10.7 Å². The van der Waals surface area contributed by atoms with Crippen molar-refractivity contribution in [1.82, 2.24) is 0 Å². The molecule has 0 radical (unpaired) electrons. The third kappa shape index (κ3) is 3.23. The molecule has 1 rings (SSSR count). The number of nitrogens with zero attached hydrogens (tertiary/aromatic N) is 1.